The lowest BCUT2D eigenvalue weighted by Crippen LogP contribution is -2.60. The van der Waals surface area contributed by atoms with Gasteiger partial charge in [0.25, 0.3) is 0 Å². The first-order chi connectivity index (χ1) is 13.9. The van der Waals surface area contributed by atoms with Crippen LogP contribution in [0.3, 0.4) is 0 Å². The van der Waals surface area contributed by atoms with E-state index in [-0.39, 0.29) is 11.6 Å². The summed E-state index contributed by atoms with van der Waals surface area (Å²) >= 11 is 3.62. The second kappa shape index (κ2) is 6.74. The van der Waals surface area contributed by atoms with Gasteiger partial charge >= 0.3 is 0 Å². The van der Waals surface area contributed by atoms with Crippen molar-refractivity contribution in [3.8, 4) is 11.5 Å². The highest BCUT2D eigenvalue weighted by molar-refractivity contribution is 9.10. The summed E-state index contributed by atoms with van der Waals surface area (Å²) < 4.78 is 19.1. The first-order valence-electron chi connectivity index (χ1n) is 10.0. The Kier molecular flexibility index (Phi) is 4.40. The van der Waals surface area contributed by atoms with Crippen LogP contribution < -0.4 is 9.47 Å². The van der Waals surface area contributed by atoms with E-state index in [1.165, 1.54) is 5.56 Å². The van der Waals surface area contributed by atoms with Gasteiger partial charge in [0.05, 0.1) is 31.1 Å². The molecule has 0 aliphatic carbocycles. The number of hydrazone groups is 1. The summed E-state index contributed by atoms with van der Waals surface area (Å²) in [6.45, 7) is 4.93. The minimum Gasteiger partial charge on any atom is -0.497 e. The second-order valence-corrected chi connectivity index (χ2v) is 9.52. The molecule has 1 fully saturated rings. The van der Waals surface area contributed by atoms with Crippen molar-refractivity contribution in [1.29, 1.82) is 0 Å². The molecule has 0 radical (unpaired) electrons. The van der Waals surface area contributed by atoms with E-state index in [1.807, 2.05) is 18.2 Å². The zero-order valence-electron chi connectivity index (χ0n) is 16.9. The second-order valence-electron chi connectivity index (χ2n) is 8.61. The van der Waals surface area contributed by atoms with Gasteiger partial charge in [0.15, 0.2) is 0 Å². The maximum Gasteiger partial charge on any atom is 0.203 e. The quantitative estimate of drug-likeness (QED) is 0.615. The number of rotatable bonds is 2. The fourth-order valence-electron chi connectivity index (χ4n) is 4.78. The number of hydrogen-bond acceptors (Lipinski definition) is 5. The lowest BCUT2D eigenvalue weighted by Gasteiger charge is -2.52. The molecule has 2 aromatic rings. The number of nitrogens with zero attached hydrogens (tertiary/aromatic N) is 2. The maximum absolute atomic E-state index is 6.68. The minimum absolute atomic E-state index is 0.155. The van der Waals surface area contributed by atoms with Crippen LogP contribution in [0.2, 0.25) is 0 Å². The SMILES string of the molecule is COc1ccc(C2=NN3[C@H](C2)c2cc(Br)ccc2O[C@@]32CCOC(C)(C)C2)cc1. The molecule has 0 aromatic heterocycles. The van der Waals surface area contributed by atoms with Crippen molar-refractivity contribution in [3.05, 3.63) is 58.1 Å². The van der Waals surface area contributed by atoms with E-state index in [4.69, 9.17) is 19.3 Å². The number of methoxy groups -OCH3 is 1. The first-order valence-corrected chi connectivity index (χ1v) is 10.8. The largest absolute Gasteiger partial charge is 0.497 e. The third-order valence-electron chi connectivity index (χ3n) is 6.07. The normalized spacial score (nSPS) is 27.1. The van der Waals surface area contributed by atoms with Gasteiger partial charge in [-0.2, -0.15) is 5.10 Å². The minimum atomic E-state index is -0.485. The van der Waals surface area contributed by atoms with Crippen molar-refractivity contribution in [2.75, 3.05) is 13.7 Å². The van der Waals surface area contributed by atoms with Gasteiger partial charge in [-0.3, -0.25) is 0 Å². The molecule has 2 aromatic carbocycles. The Labute approximate surface area is 179 Å². The van der Waals surface area contributed by atoms with Gasteiger partial charge in [-0.25, -0.2) is 5.01 Å². The van der Waals surface area contributed by atoms with Crippen LogP contribution in [0.25, 0.3) is 0 Å². The van der Waals surface area contributed by atoms with Crippen molar-refractivity contribution in [2.45, 2.75) is 50.5 Å². The van der Waals surface area contributed by atoms with Crippen molar-refractivity contribution < 1.29 is 14.2 Å². The fourth-order valence-corrected chi connectivity index (χ4v) is 5.16. The summed E-state index contributed by atoms with van der Waals surface area (Å²) in [6.07, 6.45) is 2.41. The smallest absolute Gasteiger partial charge is 0.203 e. The van der Waals surface area contributed by atoms with Gasteiger partial charge in [-0.1, -0.05) is 15.9 Å². The van der Waals surface area contributed by atoms with E-state index in [2.05, 4.69) is 59.1 Å². The number of fused-ring (bicyclic) bond motifs is 4. The monoisotopic (exact) mass is 456 g/mol. The predicted octanol–water partition coefficient (Wildman–Crippen LogP) is 5.29. The van der Waals surface area contributed by atoms with Crippen LogP contribution in [0.5, 0.6) is 11.5 Å². The van der Waals surface area contributed by atoms with E-state index < -0.39 is 5.72 Å². The molecule has 0 saturated carbocycles. The third kappa shape index (κ3) is 3.22. The van der Waals surface area contributed by atoms with Gasteiger partial charge in [-0.15, -0.1) is 0 Å². The van der Waals surface area contributed by atoms with E-state index in [1.54, 1.807) is 7.11 Å². The van der Waals surface area contributed by atoms with E-state index in [0.717, 1.165) is 46.5 Å². The summed E-state index contributed by atoms with van der Waals surface area (Å²) in [7, 11) is 1.69. The van der Waals surface area contributed by atoms with Crippen LogP contribution in [0.15, 0.2) is 52.0 Å². The van der Waals surface area contributed by atoms with Crippen LogP contribution in [-0.2, 0) is 4.74 Å². The summed E-state index contributed by atoms with van der Waals surface area (Å²) in [5.74, 6) is 1.81. The van der Waals surface area contributed by atoms with Crippen LogP contribution in [-0.4, -0.2) is 35.8 Å². The Morgan fingerprint density at radius 3 is 2.69 bits per heavy atom. The molecule has 0 amide bonds. The standard InChI is InChI=1S/C23H25BrN2O3/c1-22(2)14-23(10-11-28-22)26-20(18-12-16(24)6-9-21(18)29-23)13-19(25-26)15-4-7-17(27-3)8-5-15/h4-9,12,20H,10-11,13-14H2,1-3H3/t20-,23-/m1/s1. The topological polar surface area (TPSA) is 43.3 Å². The number of ether oxygens (including phenoxy) is 3. The molecule has 5 nitrogen and oxygen atoms in total. The van der Waals surface area contributed by atoms with Gasteiger partial charge < -0.3 is 14.2 Å². The zero-order chi connectivity index (χ0) is 20.2. The molecule has 0 bridgehead atoms. The summed E-state index contributed by atoms with van der Waals surface area (Å²) in [4.78, 5) is 0. The number of hydrogen-bond donors (Lipinski definition) is 0. The Bertz CT molecular complexity index is 973. The van der Waals surface area contributed by atoms with Crippen molar-refractivity contribution >= 4 is 21.6 Å². The van der Waals surface area contributed by atoms with Crippen LogP contribution >= 0.6 is 15.9 Å². The average molecular weight is 457 g/mol. The molecule has 1 spiro atoms. The van der Waals surface area contributed by atoms with Gasteiger partial charge in [-0.05, 0) is 61.9 Å². The Balaban J connectivity index is 1.59. The highest BCUT2D eigenvalue weighted by Gasteiger charge is 2.54. The van der Waals surface area contributed by atoms with Crippen molar-refractivity contribution in [2.24, 2.45) is 5.10 Å². The highest BCUT2D eigenvalue weighted by atomic mass is 79.9. The van der Waals surface area contributed by atoms with E-state index in [9.17, 15) is 0 Å². The van der Waals surface area contributed by atoms with E-state index in [0.29, 0.717) is 6.61 Å². The lowest BCUT2D eigenvalue weighted by molar-refractivity contribution is -0.212. The van der Waals surface area contributed by atoms with E-state index >= 15 is 0 Å². The Hall–Kier alpha value is -2.05. The zero-order valence-corrected chi connectivity index (χ0v) is 18.5. The summed E-state index contributed by atoms with van der Waals surface area (Å²) in [5.41, 5.74) is 2.65. The number of halogens is 1. The van der Waals surface area contributed by atoms with Crippen molar-refractivity contribution in [1.82, 2.24) is 5.01 Å². The summed E-state index contributed by atoms with van der Waals surface area (Å²) in [6, 6.07) is 14.6. The molecule has 0 N–H and O–H groups in total. The first kappa shape index (κ1) is 18.9. The van der Waals surface area contributed by atoms with Crippen LogP contribution in [0, 0.1) is 0 Å². The molecule has 3 aliphatic heterocycles. The fraction of sp³-hybridized carbons (Fsp3) is 0.435. The van der Waals surface area contributed by atoms with Crippen LogP contribution in [0.4, 0.5) is 0 Å². The van der Waals surface area contributed by atoms with Gasteiger partial charge in [0, 0.05) is 29.3 Å². The predicted molar refractivity (Wildman–Crippen MR) is 115 cm³/mol. The third-order valence-corrected chi connectivity index (χ3v) is 6.56. The Morgan fingerprint density at radius 2 is 1.97 bits per heavy atom. The lowest BCUT2D eigenvalue weighted by atomic mass is 9.86. The highest BCUT2D eigenvalue weighted by Crippen LogP contribution is 2.52. The molecule has 5 rings (SSSR count). The molecule has 152 valence electrons. The van der Waals surface area contributed by atoms with Gasteiger partial charge in [0.2, 0.25) is 5.72 Å². The summed E-state index contributed by atoms with van der Waals surface area (Å²) in [5, 5.41) is 7.33. The molecular weight excluding hydrogens is 432 g/mol. The van der Waals surface area contributed by atoms with Crippen molar-refractivity contribution in [3.63, 3.8) is 0 Å². The average Bonchev–Trinajstić information content (AvgIpc) is 3.15. The van der Waals surface area contributed by atoms with Gasteiger partial charge in [0.1, 0.15) is 11.5 Å². The molecule has 1 saturated heterocycles. The molecular formula is C23H25BrN2O3. The van der Waals surface area contributed by atoms with Crippen LogP contribution in [0.1, 0.15) is 50.3 Å². The molecule has 3 aliphatic rings. The molecule has 3 heterocycles. The Morgan fingerprint density at radius 1 is 1.17 bits per heavy atom. The molecule has 0 unspecified atom stereocenters. The molecule has 29 heavy (non-hydrogen) atoms. The maximum atomic E-state index is 6.68. The molecule has 6 heteroatoms. The molecule has 2 atom stereocenters. The number of benzene rings is 2.